The van der Waals surface area contributed by atoms with Crippen LogP contribution in [0.25, 0.3) is 0 Å². The molecule has 0 aromatic rings. The van der Waals surface area contributed by atoms with Crippen LogP contribution in [0.1, 0.15) is 13.3 Å². The number of carbonyl (C=O) groups is 1. The van der Waals surface area contributed by atoms with Crippen LogP contribution in [0.15, 0.2) is 11.6 Å². The first kappa shape index (κ1) is 10.2. The summed E-state index contributed by atoms with van der Waals surface area (Å²) in [6.45, 7) is 4.28. The Kier molecular flexibility index (Phi) is 3.92. The third-order valence-electron chi connectivity index (χ3n) is 2.08. The van der Waals surface area contributed by atoms with Crippen molar-refractivity contribution in [2.75, 3.05) is 19.6 Å². The smallest absolute Gasteiger partial charge is 0.0688 e. The van der Waals surface area contributed by atoms with E-state index in [1.165, 1.54) is 0 Å². The first-order valence-electron chi connectivity index (χ1n) is 4.61. The molecule has 1 heterocycles. The molecule has 0 saturated carbocycles. The van der Waals surface area contributed by atoms with E-state index in [1.807, 2.05) is 6.92 Å². The summed E-state index contributed by atoms with van der Waals surface area (Å²) in [6, 6.07) is -0.0984. The zero-order chi connectivity index (χ0) is 9.68. The molecule has 0 aromatic carbocycles. The van der Waals surface area contributed by atoms with Gasteiger partial charge in [0.1, 0.15) is 0 Å². The highest BCUT2D eigenvalue weighted by Crippen LogP contribution is 2.04. The Labute approximate surface area is 78.0 Å². The number of aliphatic carboxylic acids is 1. The largest absolute Gasteiger partial charge is 0.545 e. The summed E-state index contributed by atoms with van der Waals surface area (Å²) >= 11 is 0. The van der Waals surface area contributed by atoms with Gasteiger partial charge in [-0.3, -0.25) is 0 Å². The van der Waals surface area contributed by atoms with Crippen molar-refractivity contribution in [1.29, 1.82) is 0 Å². The van der Waals surface area contributed by atoms with Crippen molar-refractivity contribution in [1.82, 2.24) is 10.6 Å². The predicted molar refractivity (Wildman–Crippen MR) is 48.0 cm³/mol. The van der Waals surface area contributed by atoms with Gasteiger partial charge in [0.15, 0.2) is 0 Å². The highest BCUT2D eigenvalue weighted by Gasteiger charge is 2.16. The van der Waals surface area contributed by atoms with Crippen molar-refractivity contribution in [2.24, 2.45) is 0 Å². The van der Waals surface area contributed by atoms with E-state index in [9.17, 15) is 9.90 Å². The predicted octanol–water partition coefficient (Wildman–Crippen LogP) is -1.37. The molecule has 0 bridgehead atoms. The Bertz CT molecular complexity index is 208. The van der Waals surface area contributed by atoms with Gasteiger partial charge in [0, 0.05) is 25.7 Å². The van der Waals surface area contributed by atoms with E-state index >= 15 is 0 Å². The van der Waals surface area contributed by atoms with Gasteiger partial charge in [0.05, 0.1) is 5.97 Å². The number of hydrogen-bond donors (Lipinski definition) is 2. The number of rotatable bonds is 3. The average Bonchev–Trinajstić information content (AvgIpc) is 2.15. The lowest BCUT2D eigenvalue weighted by Crippen LogP contribution is -2.51. The lowest BCUT2D eigenvalue weighted by atomic mass is 10.0. The Morgan fingerprint density at radius 1 is 1.62 bits per heavy atom. The van der Waals surface area contributed by atoms with Gasteiger partial charge in [0.2, 0.25) is 0 Å². The van der Waals surface area contributed by atoms with Crippen LogP contribution >= 0.6 is 0 Å². The summed E-state index contributed by atoms with van der Waals surface area (Å²) in [5.41, 5.74) is 0.370. The van der Waals surface area contributed by atoms with Gasteiger partial charge in [-0.1, -0.05) is 13.0 Å². The maximum Gasteiger partial charge on any atom is 0.0688 e. The van der Waals surface area contributed by atoms with Crippen molar-refractivity contribution in [2.45, 2.75) is 19.4 Å². The summed E-state index contributed by atoms with van der Waals surface area (Å²) in [5, 5.41) is 17.0. The Balaban J connectivity index is 2.63. The second-order valence-electron chi connectivity index (χ2n) is 3.07. The number of piperazine rings is 1. The summed E-state index contributed by atoms with van der Waals surface area (Å²) in [7, 11) is 0. The lowest BCUT2D eigenvalue weighted by Gasteiger charge is -2.27. The zero-order valence-corrected chi connectivity index (χ0v) is 7.80. The van der Waals surface area contributed by atoms with Gasteiger partial charge >= 0.3 is 0 Å². The van der Waals surface area contributed by atoms with E-state index in [-0.39, 0.29) is 6.04 Å². The molecule has 0 radical (unpaired) electrons. The SMILES string of the molecule is CC/C=C(\C(=O)[O-])C1CNCCN1. The molecule has 0 aliphatic carbocycles. The Morgan fingerprint density at radius 3 is 2.85 bits per heavy atom. The van der Waals surface area contributed by atoms with Crippen LogP contribution in [0, 0.1) is 0 Å². The minimum atomic E-state index is -1.07. The van der Waals surface area contributed by atoms with Crippen molar-refractivity contribution in [3.05, 3.63) is 11.6 Å². The Hall–Kier alpha value is -0.870. The third kappa shape index (κ3) is 2.82. The van der Waals surface area contributed by atoms with Gasteiger partial charge < -0.3 is 20.5 Å². The number of carbonyl (C=O) groups excluding carboxylic acids is 1. The summed E-state index contributed by atoms with van der Waals surface area (Å²) in [4.78, 5) is 10.7. The van der Waals surface area contributed by atoms with Crippen LogP contribution in [0.4, 0.5) is 0 Å². The quantitative estimate of drug-likeness (QED) is 0.530. The molecule has 0 amide bonds. The second kappa shape index (κ2) is 4.99. The molecular weight excluding hydrogens is 168 g/mol. The van der Waals surface area contributed by atoms with E-state index in [0.717, 1.165) is 19.5 Å². The van der Waals surface area contributed by atoms with Gasteiger partial charge in [-0.15, -0.1) is 0 Å². The number of hydrogen-bond acceptors (Lipinski definition) is 4. The van der Waals surface area contributed by atoms with Crippen LogP contribution in [-0.4, -0.2) is 31.6 Å². The molecule has 0 aromatic heterocycles. The highest BCUT2D eigenvalue weighted by atomic mass is 16.4. The molecule has 4 nitrogen and oxygen atoms in total. The molecule has 1 aliphatic rings. The van der Waals surface area contributed by atoms with E-state index < -0.39 is 5.97 Å². The summed E-state index contributed by atoms with van der Waals surface area (Å²) in [6.07, 6.45) is 2.43. The van der Waals surface area contributed by atoms with Crippen molar-refractivity contribution in [3.8, 4) is 0 Å². The normalized spacial score (nSPS) is 24.4. The van der Waals surface area contributed by atoms with Crippen molar-refractivity contribution >= 4 is 5.97 Å². The van der Waals surface area contributed by atoms with Crippen LogP contribution in [-0.2, 0) is 4.79 Å². The Morgan fingerprint density at radius 2 is 2.38 bits per heavy atom. The molecule has 4 heteroatoms. The van der Waals surface area contributed by atoms with Crippen LogP contribution < -0.4 is 15.7 Å². The van der Waals surface area contributed by atoms with Gasteiger partial charge in [-0.05, 0) is 12.0 Å². The molecular formula is C9H15N2O2-. The van der Waals surface area contributed by atoms with Gasteiger partial charge in [-0.25, -0.2) is 0 Å². The number of carboxylic acid groups (broad SMARTS) is 1. The molecule has 1 fully saturated rings. The lowest BCUT2D eigenvalue weighted by molar-refractivity contribution is -0.299. The molecule has 1 unspecified atom stereocenters. The zero-order valence-electron chi connectivity index (χ0n) is 7.80. The molecule has 1 aliphatic heterocycles. The van der Waals surface area contributed by atoms with Crippen molar-refractivity contribution < 1.29 is 9.90 Å². The van der Waals surface area contributed by atoms with Crippen LogP contribution in [0.3, 0.4) is 0 Å². The molecule has 74 valence electrons. The number of nitrogens with one attached hydrogen (secondary N) is 2. The maximum absolute atomic E-state index is 10.7. The summed E-state index contributed by atoms with van der Waals surface area (Å²) in [5.74, 6) is -1.07. The van der Waals surface area contributed by atoms with Crippen molar-refractivity contribution in [3.63, 3.8) is 0 Å². The van der Waals surface area contributed by atoms with E-state index in [4.69, 9.17) is 0 Å². The molecule has 1 saturated heterocycles. The number of carboxylic acids is 1. The highest BCUT2D eigenvalue weighted by molar-refractivity contribution is 5.86. The fraction of sp³-hybridized carbons (Fsp3) is 0.667. The monoisotopic (exact) mass is 183 g/mol. The average molecular weight is 183 g/mol. The first-order chi connectivity index (χ1) is 6.25. The standard InChI is InChI=1S/C9H16N2O2/c1-2-3-7(9(12)13)8-6-10-4-5-11-8/h3,8,10-11H,2,4-6H2,1H3,(H,12,13)/p-1/b7-3-. The molecule has 13 heavy (non-hydrogen) atoms. The topological polar surface area (TPSA) is 64.2 Å². The van der Waals surface area contributed by atoms with E-state index in [1.54, 1.807) is 6.08 Å². The molecule has 1 rings (SSSR count). The minimum absolute atomic E-state index is 0.0984. The van der Waals surface area contributed by atoms with Gasteiger partial charge in [0.25, 0.3) is 0 Å². The minimum Gasteiger partial charge on any atom is -0.545 e. The first-order valence-corrected chi connectivity index (χ1v) is 4.61. The third-order valence-corrected chi connectivity index (χ3v) is 2.08. The van der Waals surface area contributed by atoms with E-state index in [0.29, 0.717) is 12.1 Å². The molecule has 2 N–H and O–H groups in total. The van der Waals surface area contributed by atoms with E-state index in [2.05, 4.69) is 10.6 Å². The fourth-order valence-electron chi connectivity index (χ4n) is 1.46. The molecule has 1 atom stereocenters. The van der Waals surface area contributed by atoms with Gasteiger partial charge in [-0.2, -0.15) is 0 Å². The van der Waals surface area contributed by atoms with Crippen LogP contribution in [0.5, 0.6) is 0 Å². The van der Waals surface area contributed by atoms with Crippen LogP contribution in [0.2, 0.25) is 0 Å². The summed E-state index contributed by atoms with van der Waals surface area (Å²) < 4.78 is 0. The number of allylic oxidation sites excluding steroid dienone is 1. The fourth-order valence-corrected chi connectivity index (χ4v) is 1.46. The maximum atomic E-state index is 10.7. The second-order valence-corrected chi connectivity index (χ2v) is 3.07. The molecule has 0 spiro atoms.